The van der Waals surface area contributed by atoms with Crippen LogP contribution in [0.1, 0.15) is 43.4 Å². The Morgan fingerprint density at radius 1 is 1.24 bits per heavy atom. The molecule has 1 fully saturated rings. The fraction of sp³-hybridized carbons (Fsp3) is 0.421. The minimum atomic E-state index is 0.196. The van der Waals surface area contributed by atoms with Gasteiger partial charge < -0.3 is 5.32 Å². The summed E-state index contributed by atoms with van der Waals surface area (Å²) in [4.78, 5) is 0. The number of nitriles is 1. The molecule has 0 amide bonds. The molecule has 1 aromatic rings. The number of nitrogens with zero attached hydrogens (tertiary/aromatic N) is 1. The molecule has 3 rings (SSSR count). The van der Waals surface area contributed by atoms with Crippen LogP contribution >= 0.6 is 0 Å². The monoisotopic (exact) mass is 280 g/mol. The van der Waals surface area contributed by atoms with Gasteiger partial charge in [0.2, 0.25) is 0 Å². The van der Waals surface area contributed by atoms with Crippen LogP contribution < -0.4 is 5.32 Å². The van der Waals surface area contributed by atoms with Gasteiger partial charge in [-0.25, -0.2) is 0 Å². The maximum atomic E-state index is 8.84. The van der Waals surface area contributed by atoms with Gasteiger partial charge in [-0.3, -0.25) is 0 Å². The topological polar surface area (TPSA) is 35.8 Å². The van der Waals surface area contributed by atoms with Gasteiger partial charge in [0.25, 0.3) is 0 Å². The lowest BCUT2D eigenvalue weighted by atomic mass is 9.71. The van der Waals surface area contributed by atoms with E-state index in [0.717, 1.165) is 24.9 Å². The number of fused-ring (bicyclic) bond motifs is 1. The number of rotatable bonds is 0. The maximum absolute atomic E-state index is 8.84. The molecular formula is C19H24N2. The third-order valence-electron chi connectivity index (χ3n) is 4.36. The van der Waals surface area contributed by atoms with Gasteiger partial charge in [0, 0.05) is 12.2 Å². The molecule has 1 aliphatic heterocycles. The molecule has 2 aliphatic rings. The van der Waals surface area contributed by atoms with E-state index in [1.165, 1.54) is 35.2 Å². The Morgan fingerprint density at radius 2 is 2.00 bits per heavy atom. The number of benzene rings is 1. The maximum Gasteiger partial charge on any atom is 0.0991 e. The summed E-state index contributed by atoms with van der Waals surface area (Å²) in [7, 11) is 0. The Balaban J connectivity index is 0.000000225. The van der Waals surface area contributed by atoms with Crippen molar-refractivity contribution in [2.24, 2.45) is 5.41 Å². The number of hydrogen-bond donors (Lipinski definition) is 1. The lowest BCUT2D eigenvalue weighted by Crippen LogP contribution is -2.24. The van der Waals surface area contributed by atoms with Gasteiger partial charge in [-0.05, 0) is 54.4 Å². The van der Waals surface area contributed by atoms with Gasteiger partial charge in [-0.2, -0.15) is 5.26 Å². The molecule has 0 bridgehead atoms. The van der Waals surface area contributed by atoms with Crippen molar-refractivity contribution < 1.29 is 0 Å². The van der Waals surface area contributed by atoms with Crippen molar-refractivity contribution in [2.45, 2.75) is 39.5 Å². The smallest absolute Gasteiger partial charge is 0.0991 e. The van der Waals surface area contributed by atoms with E-state index >= 15 is 0 Å². The molecule has 21 heavy (non-hydrogen) atoms. The summed E-state index contributed by atoms with van der Waals surface area (Å²) >= 11 is 0. The Bertz CT molecular complexity index is 594. The van der Waals surface area contributed by atoms with Crippen molar-refractivity contribution >= 4 is 0 Å². The van der Waals surface area contributed by atoms with Crippen LogP contribution in [0, 0.1) is 16.7 Å². The zero-order valence-corrected chi connectivity index (χ0v) is 13.1. The molecule has 1 aliphatic carbocycles. The predicted molar refractivity (Wildman–Crippen MR) is 87.9 cm³/mol. The van der Waals surface area contributed by atoms with E-state index < -0.39 is 0 Å². The first-order valence-electron chi connectivity index (χ1n) is 7.54. The average molecular weight is 280 g/mol. The van der Waals surface area contributed by atoms with Crippen LogP contribution in [0.15, 0.2) is 42.6 Å². The summed E-state index contributed by atoms with van der Waals surface area (Å²) in [6.07, 6.45) is 4.41. The fourth-order valence-corrected chi connectivity index (χ4v) is 2.76. The van der Waals surface area contributed by atoms with Gasteiger partial charge in [0.05, 0.1) is 11.6 Å². The zero-order chi connectivity index (χ0) is 15.5. The van der Waals surface area contributed by atoms with E-state index in [9.17, 15) is 0 Å². The molecule has 1 saturated heterocycles. The normalized spacial score (nSPS) is 18.9. The van der Waals surface area contributed by atoms with Crippen LogP contribution in [0.2, 0.25) is 0 Å². The molecule has 0 radical (unpaired) electrons. The van der Waals surface area contributed by atoms with Crippen molar-refractivity contribution in [2.75, 3.05) is 6.54 Å². The Kier molecular flexibility index (Phi) is 4.53. The molecule has 0 unspecified atom stereocenters. The van der Waals surface area contributed by atoms with Crippen molar-refractivity contribution in [1.29, 1.82) is 5.26 Å². The first kappa shape index (κ1) is 15.4. The highest BCUT2D eigenvalue weighted by atomic mass is 14.9. The van der Waals surface area contributed by atoms with E-state index in [1.807, 2.05) is 12.1 Å². The van der Waals surface area contributed by atoms with E-state index in [1.54, 1.807) is 0 Å². The molecule has 0 aromatic heterocycles. The van der Waals surface area contributed by atoms with Crippen LogP contribution in [0.4, 0.5) is 0 Å². The third kappa shape index (κ3) is 3.76. The van der Waals surface area contributed by atoms with Crippen molar-refractivity contribution in [3.8, 4) is 6.07 Å². The van der Waals surface area contributed by atoms with Gasteiger partial charge in [-0.1, -0.05) is 38.6 Å². The number of allylic oxidation sites excluding steroid dienone is 2. The van der Waals surface area contributed by atoms with Crippen LogP contribution in [-0.4, -0.2) is 6.54 Å². The second-order valence-electron chi connectivity index (χ2n) is 6.57. The first-order valence-corrected chi connectivity index (χ1v) is 7.54. The molecular weight excluding hydrogens is 256 g/mol. The summed E-state index contributed by atoms with van der Waals surface area (Å²) in [5.74, 6) is 0. The minimum Gasteiger partial charge on any atom is -0.389 e. The lowest BCUT2D eigenvalue weighted by Gasteiger charge is -2.33. The molecule has 1 heterocycles. The quantitative estimate of drug-likeness (QED) is 0.726. The summed E-state index contributed by atoms with van der Waals surface area (Å²) < 4.78 is 0. The summed E-state index contributed by atoms with van der Waals surface area (Å²) in [6, 6.07) is 8.17. The van der Waals surface area contributed by atoms with Crippen molar-refractivity contribution in [1.82, 2.24) is 5.32 Å². The number of nitrogens with one attached hydrogen (secondary N) is 1. The molecule has 1 aromatic carbocycles. The lowest BCUT2D eigenvalue weighted by molar-refractivity contribution is 0.418. The van der Waals surface area contributed by atoms with Gasteiger partial charge in [-0.15, -0.1) is 0 Å². The fourth-order valence-electron chi connectivity index (χ4n) is 2.76. The van der Waals surface area contributed by atoms with Crippen molar-refractivity contribution in [3.05, 3.63) is 59.3 Å². The Hall–Kier alpha value is -2.01. The second-order valence-corrected chi connectivity index (χ2v) is 6.57. The molecule has 2 heteroatoms. The second kappa shape index (κ2) is 6.18. The SMILES string of the molecule is C=C1CCCN1.C=C1Cc2cc(C#N)ccc2CC1(C)C. The summed E-state index contributed by atoms with van der Waals surface area (Å²) in [5.41, 5.74) is 6.06. The van der Waals surface area contributed by atoms with Crippen LogP contribution in [0.3, 0.4) is 0 Å². The number of hydrogen-bond acceptors (Lipinski definition) is 2. The van der Waals surface area contributed by atoms with Gasteiger partial charge in [0.15, 0.2) is 0 Å². The van der Waals surface area contributed by atoms with Crippen molar-refractivity contribution in [3.63, 3.8) is 0 Å². The summed E-state index contributed by atoms with van der Waals surface area (Å²) in [5, 5.41) is 12.0. The average Bonchev–Trinajstić information content (AvgIpc) is 2.91. The molecule has 0 saturated carbocycles. The molecule has 0 spiro atoms. The van der Waals surface area contributed by atoms with Gasteiger partial charge in [0.1, 0.15) is 0 Å². The van der Waals surface area contributed by atoms with E-state index in [4.69, 9.17) is 5.26 Å². The van der Waals surface area contributed by atoms with E-state index in [0.29, 0.717) is 0 Å². The Morgan fingerprint density at radius 3 is 2.52 bits per heavy atom. The molecule has 110 valence electrons. The first-order chi connectivity index (χ1) is 9.92. The standard InChI is InChI=1S/C14H15N.C5H9N/c1-10-6-13-7-11(9-15)4-5-12(13)8-14(10,2)3;1-5-3-2-4-6-5/h4-5,7H,1,6,8H2,2-3H3;6H,1-4H2. The Labute approximate surface area is 128 Å². The molecule has 1 N–H and O–H groups in total. The predicted octanol–water partition coefficient (Wildman–Crippen LogP) is 4.12. The van der Waals surface area contributed by atoms with E-state index in [-0.39, 0.29) is 5.41 Å². The van der Waals surface area contributed by atoms with Crippen LogP contribution in [-0.2, 0) is 12.8 Å². The largest absolute Gasteiger partial charge is 0.389 e. The highest BCUT2D eigenvalue weighted by Gasteiger charge is 2.28. The molecule has 0 atom stereocenters. The zero-order valence-electron chi connectivity index (χ0n) is 13.1. The van der Waals surface area contributed by atoms with E-state index in [2.05, 4.69) is 44.5 Å². The van der Waals surface area contributed by atoms with Crippen LogP contribution in [0.25, 0.3) is 0 Å². The van der Waals surface area contributed by atoms with Crippen LogP contribution in [0.5, 0.6) is 0 Å². The van der Waals surface area contributed by atoms with Gasteiger partial charge >= 0.3 is 0 Å². The third-order valence-corrected chi connectivity index (χ3v) is 4.36. The minimum absolute atomic E-state index is 0.196. The highest BCUT2D eigenvalue weighted by Crippen LogP contribution is 2.38. The summed E-state index contributed by atoms with van der Waals surface area (Å²) in [6.45, 7) is 13.5. The highest BCUT2D eigenvalue weighted by molar-refractivity contribution is 5.43. The molecule has 2 nitrogen and oxygen atoms in total.